The van der Waals surface area contributed by atoms with Crippen molar-refractivity contribution in [2.75, 3.05) is 0 Å². The van der Waals surface area contributed by atoms with Gasteiger partial charge < -0.3 is 0 Å². The summed E-state index contributed by atoms with van der Waals surface area (Å²) in [7, 11) is 0. The van der Waals surface area contributed by atoms with Crippen LogP contribution < -0.4 is 0 Å². The molecule has 0 amide bonds. The Morgan fingerprint density at radius 1 is 1.18 bits per heavy atom. The van der Waals surface area contributed by atoms with E-state index in [2.05, 4.69) is 60.8 Å². The molecule has 0 saturated heterocycles. The van der Waals surface area contributed by atoms with E-state index in [0.717, 1.165) is 14.0 Å². The van der Waals surface area contributed by atoms with E-state index in [0.29, 0.717) is 0 Å². The number of halogens is 4. The zero-order valence-corrected chi connectivity index (χ0v) is 15.1. The Bertz CT molecular complexity index is 531. The average molecular weight is 459 g/mol. The van der Waals surface area contributed by atoms with Crippen molar-refractivity contribution in [1.29, 1.82) is 0 Å². The maximum absolute atomic E-state index is 5.99. The fraction of sp³-hybridized carbons (Fsp3) is 0.167. The molecule has 1 aromatic carbocycles. The van der Waals surface area contributed by atoms with E-state index >= 15 is 0 Å². The first-order chi connectivity index (χ1) is 7.99. The maximum atomic E-state index is 5.99. The SMILES string of the molecule is Cc1sc(C(Br)c2ccc(Cl)c(Br)c2)cc1Br. The minimum atomic E-state index is 0.200. The van der Waals surface area contributed by atoms with E-state index in [1.54, 1.807) is 11.3 Å². The van der Waals surface area contributed by atoms with Gasteiger partial charge >= 0.3 is 0 Å². The Labute approximate surface area is 135 Å². The molecule has 1 heterocycles. The summed E-state index contributed by atoms with van der Waals surface area (Å²) in [6, 6.07) is 8.15. The molecule has 0 spiro atoms. The van der Waals surface area contributed by atoms with Crippen molar-refractivity contribution in [3.8, 4) is 0 Å². The largest absolute Gasteiger partial charge is 0.143 e. The van der Waals surface area contributed by atoms with E-state index in [1.807, 2.05) is 18.2 Å². The number of benzene rings is 1. The summed E-state index contributed by atoms with van der Waals surface area (Å²) in [5.74, 6) is 0. The first kappa shape index (κ1) is 14.1. The third kappa shape index (κ3) is 3.16. The number of aryl methyl sites for hydroxylation is 1. The quantitative estimate of drug-likeness (QED) is 0.438. The van der Waals surface area contributed by atoms with Gasteiger partial charge in [-0.25, -0.2) is 0 Å². The summed E-state index contributed by atoms with van der Waals surface area (Å²) in [6.45, 7) is 2.11. The van der Waals surface area contributed by atoms with Crippen LogP contribution in [0.4, 0.5) is 0 Å². The third-order valence-corrected chi connectivity index (χ3v) is 7.10. The summed E-state index contributed by atoms with van der Waals surface area (Å²) in [4.78, 5) is 2.77. The van der Waals surface area contributed by atoms with Crippen molar-refractivity contribution < 1.29 is 0 Å². The summed E-state index contributed by atoms with van der Waals surface area (Å²) >= 11 is 18.5. The molecular weight excluding hydrogens is 451 g/mol. The van der Waals surface area contributed by atoms with Crippen molar-refractivity contribution in [2.24, 2.45) is 0 Å². The first-order valence-corrected chi connectivity index (χ1v) is 8.53. The summed E-state index contributed by atoms with van der Waals surface area (Å²) in [5, 5.41) is 0.733. The van der Waals surface area contributed by atoms with Gasteiger partial charge in [-0.05, 0) is 62.5 Å². The Kier molecular flexibility index (Phi) is 4.75. The van der Waals surface area contributed by atoms with E-state index in [-0.39, 0.29) is 4.83 Å². The van der Waals surface area contributed by atoms with Crippen LogP contribution in [0, 0.1) is 6.92 Å². The lowest BCUT2D eigenvalue weighted by molar-refractivity contribution is 1.22. The average Bonchev–Trinajstić information content (AvgIpc) is 2.62. The fourth-order valence-corrected chi connectivity index (χ4v) is 4.22. The van der Waals surface area contributed by atoms with E-state index in [4.69, 9.17) is 11.6 Å². The number of hydrogen-bond donors (Lipinski definition) is 0. The molecule has 0 saturated carbocycles. The Balaban J connectivity index is 2.36. The van der Waals surface area contributed by atoms with Gasteiger partial charge in [-0.3, -0.25) is 0 Å². The van der Waals surface area contributed by atoms with E-state index < -0.39 is 0 Å². The predicted octanol–water partition coefficient (Wildman–Crippen LogP) is 6.72. The van der Waals surface area contributed by atoms with Crippen LogP contribution in [0.1, 0.15) is 20.1 Å². The molecule has 90 valence electrons. The zero-order valence-electron chi connectivity index (χ0n) is 8.81. The van der Waals surface area contributed by atoms with Gasteiger partial charge in [0, 0.05) is 18.7 Å². The fourth-order valence-electron chi connectivity index (χ4n) is 1.44. The third-order valence-electron chi connectivity index (χ3n) is 2.36. The molecular formula is C12H8Br3ClS. The molecule has 1 aromatic heterocycles. The monoisotopic (exact) mass is 456 g/mol. The summed E-state index contributed by atoms with van der Waals surface area (Å²) in [6.07, 6.45) is 0. The van der Waals surface area contributed by atoms with Crippen molar-refractivity contribution in [1.82, 2.24) is 0 Å². The van der Waals surface area contributed by atoms with Crippen LogP contribution in [-0.4, -0.2) is 0 Å². The highest BCUT2D eigenvalue weighted by molar-refractivity contribution is 9.11. The van der Waals surface area contributed by atoms with Gasteiger partial charge in [0.05, 0.1) is 9.85 Å². The number of rotatable bonds is 2. The molecule has 0 radical (unpaired) electrons. The van der Waals surface area contributed by atoms with Crippen LogP contribution >= 0.6 is 70.7 Å². The molecule has 1 atom stereocenters. The maximum Gasteiger partial charge on any atom is 0.0738 e. The lowest BCUT2D eigenvalue weighted by Crippen LogP contribution is -1.89. The van der Waals surface area contributed by atoms with Crippen molar-refractivity contribution in [2.45, 2.75) is 11.8 Å². The van der Waals surface area contributed by atoms with E-state index in [1.165, 1.54) is 15.3 Å². The van der Waals surface area contributed by atoms with E-state index in [9.17, 15) is 0 Å². The highest BCUT2D eigenvalue weighted by atomic mass is 79.9. The summed E-state index contributed by atoms with van der Waals surface area (Å²) in [5.41, 5.74) is 1.19. The molecule has 0 fully saturated rings. The molecule has 0 nitrogen and oxygen atoms in total. The van der Waals surface area contributed by atoms with Gasteiger partial charge in [0.25, 0.3) is 0 Å². The molecule has 2 aromatic rings. The molecule has 17 heavy (non-hydrogen) atoms. The summed E-state index contributed by atoms with van der Waals surface area (Å²) < 4.78 is 2.09. The highest BCUT2D eigenvalue weighted by Gasteiger charge is 2.15. The Morgan fingerprint density at radius 2 is 1.88 bits per heavy atom. The normalized spacial score (nSPS) is 12.8. The molecule has 2 rings (SSSR count). The highest BCUT2D eigenvalue weighted by Crippen LogP contribution is 2.40. The number of thiophene rings is 1. The standard InChI is InChI=1S/C12H8Br3ClS/c1-6-8(13)5-11(17-6)12(15)7-2-3-10(16)9(14)4-7/h2-5,12H,1H3. The molecule has 5 heteroatoms. The van der Waals surface area contributed by atoms with Crippen LogP contribution in [0.15, 0.2) is 33.2 Å². The van der Waals surface area contributed by atoms with Gasteiger partial charge in [0.1, 0.15) is 0 Å². The van der Waals surface area contributed by atoms with Crippen molar-refractivity contribution >= 4 is 70.7 Å². The van der Waals surface area contributed by atoms with Crippen molar-refractivity contribution in [3.63, 3.8) is 0 Å². The van der Waals surface area contributed by atoms with Crippen LogP contribution in [0.25, 0.3) is 0 Å². The van der Waals surface area contributed by atoms with Crippen LogP contribution in [0.3, 0.4) is 0 Å². The van der Waals surface area contributed by atoms with Gasteiger partial charge in [0.2, 0.25) is 0 Å². The van der Waals surface area contributed by atoms with Gasteiger partial charge in [-0.1, -0.05) is 33.6 Å². The second-order valence-electron chi connectivity index (χ2n) is 3.59. The van der Waals surface area contributed by atoms with Gasteiger partial charge in [-0.2, -0.15) is 0 Å². The van der Waals surface area contributed by atoms with Crippen LogP contribution in [0.5, 0.6) is 0 Å². The molecule has 1 unspecified atom stereocenters. The second kappa shape index (κ2) is 5.74. The van der Waals surface area contributed by atoms with Gasteiger partial charge in [-0.15, -0.1) is 11.3 Å². The molecule has 0 aliphatic heterocycles. The molecule has 0 aliphatic rings. The van der Waals surface area contributed by atoms with Crippen LogP contribution in [0.2, 0.25) is 5.02 Å². The molecule has 0 N–H and O–H groups in total. The van der Waals surface area contributed by atoms with Crippen LogP contribution in [-0.2, 0) is 0 Å². The lowest BCUT2D eigenvalue weighted by atomic mass is 10.1. The van der Waals surface area contributed by atoms with Crippen molar-refractivity contribution in [3.05, 3.63) is 53.6 Å². The lowest BCUT2D eigenvalue weighted by Gasteiger charge is -2.09. The number of hydrogen-bond acceptors (Lipinski definition) is 1. The molecule has 0 bridgehead atoms. The zero-order chi connectivity index (χ0) is 12.6. The first-order valence-electron chi connectivity index (χ1n) is 4.84. The predicted molar refractivity (Wildman–Crippen MR) is 86.7 cm³/mol. The minimum absolute atomic E-state index is 0.200. The minimum Gasteiger partial charge on any atom is -0.143 e. The Hall–Kier alpha value is 0.650. The molecule has 0 aliphatic carbocycles. The number of alkyl halides is 1. The second-order valence-corrected chi connectivity index (χ2v) is 7.91. The smallest absolute Gasteiger partial charge is 0.0738 e. The Morgan fingerprint density at radius 3 is 2.41 bits per heavy atom. The topological polar surface area (TPSA) is 0 Å². The van der Waals surface area contributed by atoms with Gasteiger partial charge in [0.15, 0.2) is 0 Å².